The summed E-state index contributed by atoms with van der Waals surface area (Å²) in [6, 6.07) is 15.0. The van der Waals surface area contributed by atoms with Gasteiger partial charge in [0, 0.05) is 26.2 Å². The van der Waals surface area contributed by atoms with Gasteiger partial charge in [0.05, 0.1) is 15.9 Å². The van der Waals surface area contributed by atoms with Gasteiger partial charge in [-0.25, -0.2) is 18.5 Å². The smallest absolute Gasteiger partial charge is 0.240 e. The highest BCUT2D eigenvalue weighted by atomic mass is 32.2. The number of rotatable bonds is 3. The van der Waals surface area contributed by atoms with Crippen LogP contribution in [0.2, 0.25) is 0 Å². The van der Waals surface area contributed by atoms with Crippen LogP contribution in [0.25, 0.3) is 10.2 Å². The van der Waals surface area contributed by atoms with Gasteiger partial charge in [-0.2, -0.15) is 0 Å². The first kappa shape index (κ1) is 16.3. The predicted octanol–water partition coefficient (Wildman–Crippen LogP) is 2.27. The van der Waals surface area contributed by atoms with Crippen molar-refractivity contribution in [2.75, 3.05) is 36.0 Å². The van der Waals surface area contributed by atoms with E-state index in [2.05, 4.69) is 15.9 Å². The second kappa shape index (κ2) is 6.29. The SMILES string of the molecule is NS(=O)(=O)c1ccccc1N1CCN(c2nc3ccccc3s2)CC1. The standard InChI is InChI=1S/C17H18N4O2S2/c18-25(22,23)16-8-4-2-6-14(16)20-9-11-21(12-10-20)17-19-13-5-1-3-7-15(13)24-17/h1-8H,9-12H2,(H2,18,22,23). The fraction of sp³-hybridized carbons (Fsp3) is 0.235. The molecule has 0 unspecified atom stereocenters. The molecule has 2 aromatic carbocycles. The maximum absolute atomic E-state index is 11.8. The van der Waals surface area contributed by atoms with Gasteiger partial charge < -0.3 is 9.80 Å². The number of fused-ring (bicyclic) bond motifs is 1. The van der Waals surface area contributed by atoms with Crippen molar-refractivity contribution in [1.29, 1.82) is 0 Å². The van der Waals surface area contributed by atoms with Gasteiger partial charge in [-0.3, -0.25) is 0 Å². The number of hydrogen-bond acceptors (Lipinski definition) is 6. The van der Waals surface area contributed by atoms with Gasteiger partial charge in [0.25, 0.3) is 0 Å². The van der Waals surface area contributed by atoms with Crippen LogP contribution in [-0.4, -0.2) is 39.6 Å². The molecule has 1 aliphatic heterocycles. The van der Waals surface area contributed by atoms with Crippen molar-refractivity contribution in [3.05, 3.63) is 48.5 Å². The summed E-state index contributed by atoms with van der Waals surface area (Å²) in [5.41, 5.74) is 1.69. The lowest BCUT2D eigenvalue weighted by Gasteiger charge is -2.36. The molecule has 1 saturated heterocycles. The quantitative estimate of drug-likeness (QED) is 0.761. The van der Waals surface area contributed by atoms with Gasteiger partial charge >= 0.3 is 0 Å². The van der Waals surface area contributed by atoms with Crippen molar-refractivity contribution in [1.82, 2.24) is 4.98 Å². The number of piperazine rings is 1. The van der Waals surface area contributed by atoms with Gasteiger partial charge in [-0.15, -0.1) is 0 Å². The van der Waals surface area contributed by atoms with Crippen LogP contribution in [-0.2, 0) is 10.0 Å². The Morgan fingerprint density at radius 3 is 2.28 bits per heavy atom. The minimum Gasteiger partial charge on any atom is -0.367 e. The summed E-state index contributed by atoms with van der Waals surface area (Å²) >= 11 is 1.69. The Morgan fingerprint density at radius 1 is 0.920 bits per heavy atom. The molecule has 0 aliphatic carbocycles. The fourth-order valence-corrected chi connectivity index (χ4v) is 4.87. The fourth-order valence-electron chi connectivity index (χ4n) is 3.09. The molecule has 4 rings (SSSR count). The molecule has 8 heteroatoms. The Morgan fingerprint density at radius 2 is 1.56 bits per heavy atom. The second-order valence-corrected chi connectivity index (χ2v) is 8.49. The zero-order valence-corrected chi connectivity index (χ0v) is 15.1. The Balaban J connectivity index is 1.54. The highest BCUT2D eigenvalue weighted by Crippen LogP contribution is 2.30. The predicted molar refractivity (Wildman–Crippen MR) is 102 cm³/mol. The van der Waals surface area contributed by atoms with Crippen LogP contribution in [0, 0.1) is 0 Å². The van der Waals surface area contributed by atoms with E-state index in [1.165, 1.54) is 4.70 Å². The van der Waals surface area contributed by atoms with Crippen molar-refractivity contribution in [3.63, 3.8) is 0 Å². The third-order valence-electron chi connectivity index (χ3n) is 4.35. The van der Waals surface area contributed by atoms with Crippen LogP contribution in [0.3, 0.4) is 0 Å². The molecular weight excluding hydrogens is 356 g/mol. The topological polar surface area (TPSA) is 79.5 Å². The molecule has 25 heavy (non-hydrogen) atoms. The molecule has 6 nitrogen and oxygen atoms in total. The summed E-state index contributed by atoms with van der Waals surface area (Å²) in [7, 11) is -3.73. The minimum absolute atomic E-state index is 0.184. The molecule has 2 heterocycles. The van der Waals surface area contributed by atoms with E-state index in [1.54, 1.807) is 23.5 Å². The molecule has 130 valence electrons. The van der Waals surface area contributed by atoms with Crippen molar-refractivity contribution in [2.45, 2.75) is 4.90 Å². The second-order valence-electron chi connectivity index (χ2n) is 5.95. The van der Waals surface area contributed by atoms with Gasteiger partial charge in [-0.05, 0) is 24.3 Å². The van der Waals surface area contributed by atoms with Gasteiger partial charge in [-0.1, -0.05) is 35.6 Å². The highest BCUT2D eigenvalue weighted by Gasteiger charge is 2.24. The molecule has 0 amide bonds. The van der Waals surface area contributed by atoms with E-state index in [0.717, 1.165) is 36.8 Å². The molecule has 1 fully saturated rings. The molecule has 0 radical (unpaired) electrons. The Bertz CT molecular complexity index is 975. The number of hydrogen-bond donors (Lipinski definition) is 1. The summed E-state index contributed by atoms with van der Waals surface area (Å²) in [5.74, 6) is 0. The van der Waals surface area contributed by atoms with Crippen molar-refractivity contribution in [3.8, 4) is 0 Å². The Hall–Kier alpha value is -2.16. The van der Waals surface area contributed by atoms with Crippen LogP contribution in [0.5, 0.6) is 0 Å². The van der Waals surface area contributed by atoms with Crippen molar-refractivity contribution in [2.24, 2.45) is 5.14 Å². The van der Waals surface area contributed by atoms with E-state index >= 15 is 0 Å². The highest BCUT2D eigenvalue weighted by molar-refractivity contribution is 7.89. The molecule has 0 spiro atoms. The number of aromatic nitrogens is 1. The summed E-state index contributed by atoms with van der Waals surface area (Å²) in [4.78, 5) is 9.21. The van der Waals surface area contributed by atoms with E-state index < -0.39 is 10.0 Å². The minimum atomic E-state index is -3.73. The van der Waals surface area contributed by atoms with Crippen LogP contribution >= 0.6 is 11.3 Å². The number of thiazole rings is 1. The lowest BCUT2D eigenvalue weighted by molar-refractivity contribution is 0.595. The van der Waals surface area contributed by atoms with E-state index in [-0.39, 0.29) is 4.90 Å². The third-order valence-corrected chi connectivity index (χ3v) is 6.40. The molecule has 1 aromatic heterocycles. The largest absolute Gasteiger partial charge is 0.367 e. The van der Waals surface area contributed by atoms with E-state index in [1.807, 2.05) is 30.3 Å². The van der Waals surface area contributed by atoms with Crippen LogP contribution in [0.15, 0.2) is 53.4 Å². The molecule has 0 bridgehead atoms. The molecule has 2 N–H and O–H groups in total. The average Bonchev–Trinajstić information content (AvgIpc) is 3.05. The number of benzene rings is 2. The van der Waals surface area contributed by atoms with Crippen molar-refractivity contribution >= 4 is 42.4 Å². The first-order valence-electron chi connectivity index (χ1n) is 8.00. The number of anilines is 2. The number of nitrogens with zero attached hydrogens (tertiary/aromatic N) is 3. The monoisotopic (exact) mass is 374 g/mol. The molecule has 1 aliphatic rings. The van der Waals surface area contributed by atoms with Gasteiger partial charge in [0.1, 0.15) is 4.90 Å². The molecule has 0 atom stereocenters. The molecular formula is C17H18N4O2S2. The van der Waals surface area contributed by atoms with Crippen LogP contribution in [0.1, 0.15) is 0 Å². The van der Waals surface area contributed by atoms with Crippen molar-refractivity contribution < 1.29 is 8.42 Å². The number of para-hydroxylation sites is 2. The first-order valence-corrected chi connectivity index (χ1v) is 10.4. The lowest BCUT2D eigenvalue weighted by Crippen LogP contribution is -2.47. The summed E-state index contributed by atoms with van der Waals surface area (Å²) < 4.78 is 24.8. The van der Waals surface area contributed by atoms with E-state index in [4.69, 9.17) is 10.1 Å². The van der Waals surface area contributed by atoms with Gasteiger partial charge in [0.15, 0.2) is 5.13 Å². The normalized spacial score (nSPS) is 15.7. The third kappa shape index (κ3) is 3.20. The summed E-state index contributed by atoms with van der Waals surface area (Å²) in [6.45, 7) is 3.03. The number of primary sulfonamides is 1. The summed E-state index contributed by atoms with van der Waals surface area (Å²) in [5, 5.41) is 6.37. The van der Waals surface area contributed by atoms with Gasteiger partial charge in [0.2, 0.25) is 10.0 Å². The zero-order valence-electron chi connectivity index (χ0n) is 13.5. The van der Waals surface area contributed by atoms with Crippen LogP contribution in [0.4, 0.5) is 10.8 Å². The number of sulfonamides is 1. The van der Waals surface area contributed by atoms with E-state index in [9.17, 15) is 8.42 Å². The number of nitrogens with two attached hydrogens (primary N) is 1. The molecule has 0 saturated carbocycles. The Labute approximate surface area is 150 Å². The lowest BCUT2D eigenvalue weighted by atomic mass is 10.2. The maximum atomic E-state index is 11.8. The summed E-state index contributed by atoms with van der Waals surface area (Å²) in [6.07, 6.45) is 0. The Kier molecular flexibility index (Phi) is 4.10. The maximum Gasteiger partial charge on any atom is 0.240 e. The average molecular weight is 374 g/mol. The van der Waals surface area contributed by atoms with E-state index in [0.29, 0.717) is 5.69 Å². The zero-order chi connectivity index (χ0) is 17.4. The first-order chi connectivity index (χ1) is 12.0. The van der Waals surface area contributed by atoms with Crippen LogP contribution < -0.4 is 14.9 Å². The molecule has 3 aromatic rings.